The van der Waals surface area contributed by atoms with Crippen LogP contribution in [0.2, 0.25) is 0 Å². The minimum atomic E-state index is -2.67. The summed E-state index contributed by atoms with van der Waals surface area (Å²) in [4.78, 5) is 9.37. The highest BCUT2D eigenvalue weighted by molar-refractivity contribution is 7.90. The Morgan fingerprint density at radius 3 is 1.44 bits per heavy atom. The van der Waals surface area contributed by atoms with Crippen LogP contribution in [0.3, 0.4) is 0 Å². The molecule has 1 aliphatic rings. The molecule has 5 heteroatoms. The van der Waals surface area contributed by atoms with E-state index in [4.69, 9.17) is 5.11 Å². The Balaban J connectivity index is -0.000000133. The van der Waals surface area contributed by atoms with Crippen molar-refractivity contribution in [2.75, 3.05) is 12.0 Å². The minimum absolute atomic E-state index is 0.222. The summed E-state index contributed by atoms with van der Waals surface area (Å²) in [6.45, 7) is 15.4. The molecule has 0 amide bonds. The SMILES string of the molecule is CC.CC.CC.CCC(=O)O.CCCS(C)(=O)=O.c1ccc2c(c1)CCC2. The molecule has 0 spiro atoms. The molecule has 27 heavy (non-hydrogen) atoms. The third kappa shape index (κ3) is 27.0. The van der Waals surface area contributed by atoms with Gasteiger partial charge in [0.05, 0.1) is 0 Å². The van der Waals surface area contributed by atoms with Gasteiger partial charge in [-0.25, -0.2) is 8.42 Å². The Kier molecular flexibility index (Phi) is 30.3. The summed E-state index contributed by atoms with van der Waals surface area (Å²) in [7, 11) is -2.67. The standard InChI is InChI=1S/C9H10.C4H10O2S.C3H6O2.3C2H6/c1-2-5-9-7-3-6-8(9)4-1;1-3-4-7(2,5)6;1-2-3(4)5;3*1-2/h1-2,4-5H,3,6-7H2;3-4H2,1-2H3;2H2,1H3,(H,4,5);3*1-2H3. The van der Waals surface area contributed by atoms with Crippen molar-refractivity contribution in [3.8, 4) is 0 Å². The Bertz CT molecular complexity index is 500. The van der Waals surface area contributed by atoms with E-state index < -0.39 is 15.8 Å². The van der Waals surface area contributed by atoms with Crippen molar-refractivity contribution >= 4 is 15.8 Å². The van der Waals surface area contributed by atoms with Crippen LogP contribution in [0.1, 0.15) is 85.8 Å². The zero-order chi connectivity index (χ0) is 22.3. The van der Waals surface area contributed by atoms with Crippen molar-refractivity contribution in [3.63, 3.8) is 0 Å². The van der Waals surface area contributed by atoms with Crippen LogP contribution >= 0.6 is 0 Å². The van der Waals surface area contributed by atoms with Gasteiger partial charge in [-0.05, 0) is 36.8 Å². The van der Waals surface area contributed by atoms with Gasteiger partial charge in [0, 0.05) is 18.4 Å². The molecule has 1 aliphatic carbocycles. The van der Waals surface area contributed by atoms with Gasteiger partial charge < -0.3 is 5.11 Å². The maximum Gasteiger partial charge on any atom is 0.303 e. The first-order valence-corrected chi connectivity index (χ1v) is 12.3. The van der Waals surface area contributed by atoms with Crippen molar-refractivity contribution in [2.45, 2.75) is 87.5 Å². The van der Waals surface area contributed by atoms with Crippen LogP contribution < -0.4 is 0 Å². The molecule has 1 N–H and O–H groups in total. The Hall–Kier alpha value is -1.36. The summed E-state index contributed by atoms with van der Waals surface area (Å²) < 4.78 is 20.5. The average molecular weight is 405 g/mol. The molecule has 0 unspecified atom stereocenters. The largest absolute Gasteiger partial charge is 0.481 e. The van der Waals surface area contributed by atoms with Crippen molar-refractivity contribution in [1.29, 1.82) is 0 Å². The molecule has 0 heterocycles. The normalized spacial score (nSPS) is 10.3. The van der Waals surface area contributed by atoms with E-state index in [0.717, 1.165) is 6.42 Å². The summed E-state index contributed by atoms with van der Waals surface area (Å²) in [6, 6.07) is 8.74. The van der Waals surface area contributed by atoms with Gasteiger partial charge in [-0.15, -0.1) is 0 Å². The fraction of sp³-hybridized carbons (Fsp3) is 0.682. The molecule has 162 valence electrons. The molecule has 0 saturated heterocycles. The number of carboxylic acids is 1. The molecule has 0 aromatic heterocycles. The van der Waals surface area contributed by atoms with E-state index in [1.165, 1.54) is 25.5 Å². The third-order valence-corrected chi connectivity index (χ3v) is 4.04. The van der Waals surface area contributed by atoms with Crippen LogP contribution in [-0.4, -0.2) is 31.5 Å². The van der Waals surface area contributed by atoms with Crippen molar-refractivity contribution < 1.29 is 18.3 Å². The van der Waals surface area contributed by atoms with Gasteiger partial charge in [0.1, 0.15) is 9.84 Å². The summed E-state index contributed by atoms with van der Waals surface area (Å²) in [5.74, 6) is -0.433. The third-order valence-electron chi connectivity index (χ3n) is 2.89. The second kappa shape index (κ2) is 24.6. The predicted molar refractivity (Wildman–Crippen MR) is 120 cm³/mol. The molecule has 0 aliphatic heterocycles. The van der Waals surface area contributed by atoms with Crippen LogP contribution in [0.25, 0.3) is 0 Å². The number of hydrogen-bond acceptors (Lipinski definition) is 3. The Morgan fingerprint density at radius 2 is 1.26 bits per heavy atom. The van der Waals surface area contributed by atoms with Gasteiger partial charge in [-0.2, -0.15) is 0 Å². The smallest absolute Gasteiger partial charge is 0.303 e. The number of carboxylic acid groups (broad SMARTS) is 1. The number of aryl methyl sites for hydroxylation is 2. The first-order chi connectivity index (χ1) is 12.8. The second-order valence-electron chi connectivity index (χ2n) is 5.00. The number of benzene rings is 1. The lowest BCUT2D eigenvalue weighted by molar-refractivity contribution is -0.136. The highest BCUT2D eigenvalue weighted by Crippen LogP contribution is 2.20. The fourth-order valence-corrected chi connectivity index (χ4v) is 2.63. The number of rotatable bonds is 3. The second-order valence-corrected chi connectivity index (χ2v) is 7.26. The van der Waals surface area contributed by atoms with E-state index in [1.54, 1.807) is 18.1 Å². The van der Waals surface area contributed by atoms with Crippen LogP contribution in [0, 0.1) is 0 Å². The number of aliphatic carboxylic acids is 1. The fourth-order valence-electron chi connectivity index (χ4n) is 1.89. The highest BCUT2D eigenvalue weighted by atomic mass is 32.2. The Morgan fingerprint density at radius 1 is 0.926 bits per heavy atom. The van der Waals surface area contributed by atoms with E-state index in [1.807, 2.05) is 48.5 Å². The van der Waals surface area contributed by atoms with Crippen LogP contribution in [-0.2, 0) is 27.5 Å². The lowest BCUT2D eigenvalue weighted by Crippen LogP contribution is -2.00. The van der Waals surface area contributed by atoms with E-state index >= 15 is 0 Å². The molecule has 2 rings (SSSR count). The first kappa shape index (κ1) is 33.2. The zero-order valence-corrected chi connectivity index (χ0v) is 19.9. The van der Waals surface area contributed by atoms with Crippen molar-refractivity contribution in [1.82, 2.24) is 0 Å². The van der Waals surface area contributed by atoms with Crippen LogP contribution in [0.15, 0.2) is 24.3 Å². The lowest BCUT2D eigenvalue weighted by atomic mass is 10.1. The van der Waals surface area contributed by atoms with Gasteiger partial charge >= 0.3 is 5.97 Å². The van der Waals surface area contributed by atoms with Crippen molar-refractivity contribution in [2.24, 2.45) is 0 Å². The zero-order valence-electron chi connectivity index (χ0n) is 19.1. The van der Waals surface area contributed by atoms with Gasteiger partial charge in [-0.3, -0.25) is 4.79 Å². The van der Waals surface area contributed by atoms with E-state index in [2.05, 4.69) is 24.3 Å². The first-order valence-electron chi connectivity index (χ1n) is 10.3. The minimum Gasteiger partial charge on any atom is -0.481 e. The van der Waals surface area contributed by atoms with Gasteiger partial charge in [0.15, 0.2) is 0 Å². The molecule has 0 radical (unpaired) electrons. The molecule has 0 atom stereocenters. The van der Waals surface area contributed by atoms with Gasteiger partial charge in [-0.1, -0.05) is 79.7 Å². The molecular weight excluding hydrogens is 360 g/mol. The lowest BCUT2D eigenvalue weighted by Gasteiger charge is -1.93. The van der Waals surface area contributed by atoms with Crippen LogP contribution in [0.4, 0.5) is 0 Å². The molecule has 1 aromatic carbocycles. The molecule has 0 bridgehead atoms. The average Bonchev–Trinajstić information content (AvgIpc) is 3.15. The molecule has 0 saturated carbocycles. The summed E-state index contributed by atoms with van der Waals surface area (Å²) in [6.07, 6.45) is 6.15. The van der Waals surface area contributed by atoms with Crippen molar-refractivity contribution in [3.05, 3.63) is 35.4 Å². The van der Waals surface area contributed by atoms with Crippen LogP contribution in [0.5, 0.6) is 0 Å². The summed E-state index contributed by atoms with van der Waals surface area (Å²) >= 11 is 0. The summed E-state index contributed by atoms with van der Waals surface area (Å²) in [5.41, 5.74) is 3.13. The van der Waals surface area contributed by atoms with E-state index in [0.29, 0.717) is 5.75 Å². The molecule has 4 nitrogen and oxygen atoms in total. The number of sulfone groups is 1. The van der Waals surface area contributed by atoms with Gasteiger partial charge in [0.2, 0.25) is 0 Å². The number of hydrogen-bond donors (Lipinski definition) is 1. The van der Waals surface area contributed by atoms with E-state index in [9.17, 15) is 13.2 Å². The predicted octanol–water partition coefficient (Wildman–Crippen LogP) is 6.18. The summed E-state index contributed by atoms with van der Waals surface area (Å²) in [5, 5.41) is 7.72. The Labute approximate surface area is 169 Å². The molecular formula is C22H44O4S. The monoisotopic (exact) mass is 404 g/mol. The molecule has 1 aromatic rings. The maximum atomic E-state index is 10.2. The number of fused-ring (bicyclic) bond motifs is 1. The molecule has 0 fully saturated rings. The highest BCUT2D eigenvalue weighted by Gasteiger charge is 2.07. The quantitative estimate of drug-likeness (QED) is 0.653. The van der Waals surface area contributed by atoms with Gasteiger partial charge in [0.25, 0.3) is 0 Å². The topological polar surface area (TPSA) is 71.4 Å². The van der Waals surface area contributed by atoms with E-state index in [-0.39, 0.29) is 6.42 Å². The number of carbonyl (C=O) groups is 1. The maximum absolute atomic E-state index is 10.2.